The van der Waals surface area contributed by atoms with Crippen molar-refractivity contribution in [3.8, 4) is 10.7 Å². The van der Waals surface area contributed by atoms with Crippen molar-refractivity contribution in [2.45, 2.75) is 25.6 Å². The number of rotatable bonds is 5. The number of nitrogens with zero attached hydrogens (tertiary/aromatic N) is 2. The van der Waals surface area contributed by atoms with Crippen LogP contribution in [0.3, 0.4) is 0 Å². The summed E-state index contributed by atoms with van der Waals surface area (Å²) in [7, 11) is 1.40. The second kappa shape index (κ2) is 5.94. The second-order valence-corrected chi connectivity index (χ2v) is 5.17. The lowest BCUT2D eigenvalue weighted by Gasteiger charge is -2.10. The average Bonchev–Trinajstić information content (AvgIpc) is 3.06. The van der Waals surface area contributed by atoms with Crippen LogP contribution in [0.4, 0.5) is 13.2 Å². The highest BCUT2D eigenvalue weighted by Crippen LogP contribution is 2.34. The molecule has 0 saturated heterocycles. The molecule has 2 rings (SSSR count). The van der Waals surface area contributed by atoms with Crippen molar-refractivity contribution < 1.29 is 27.2 Å². The molecule has 0 aliphatic heterocycles. The highest BCUT2D eigenvalue weighted by atomic mass is 32.1. The van der Waals surface area contributed by atoms with Crippen molar-refractivity contribution in [3.63, 3.8) is 0 Å². The first-order valence-corrected chi connectivity index (χ1v) is 6.75. The van der Waals surface area contributed by atoms with Gasteiger partial charge in [-0.05, 0) is 12.1 Å². The molecule has 0 aromatic carbocycles. The first-order chi connectivity index (χ1) is 9.86. The Bertz CT molecular complexity index is 636. The number of ketones is 1. The predicted molar refractivity (Wildman–Crippen MR) is 67.7 cm³/mol. The third-order valence-electron chi connectivity index (χ3n) is 2.65. The molecule has 0 fully saturated rings. The molecule has 0 aliphatic carbocycles. The van der Waals surface area contributed by atoms with Gasteiger partial charge in [-0.15, -0.1) is 11.3 Å². The molecule has 0 aliphatic rings. The SMILES string of the molecule is CCC(=O)[C@@H](OC)c1ccc(-c2noc(C(F)(F)F)n2)s1. The van der Waals surface area contributed by atoms with Gasteiger partial charge in [-0.2, -0.15) is 18.2 Å². The smallest absolute Gasteiger partial charge is 0.368 e. The van der Waals surface area contributed by atoms with Crippen LogP contribution in [0.15, 0.2) is 16.7 Å². The van der Waals surface area contributed by atoms with Gasteiger partial charge in [0.2, 0.25) is 5.82 Å². The van der Waals surface area contributed by atoms with E-state index in [2.05, 4.69) is 14.7 Å². The van der Waals surface area contributed by atoms with Gasteiger partial charge in [-0.25, -0.2) is 0 Å². The summed E-state index contributed by atoms with van der Waals surface area (Å²) in [4.78, 5) is 16.0. The molecule has 21 heavy (non-hydrogen) atoms. The number of hydrogen-bond acceptors (Lipinski definition) is 6. The zero-order valence-corrected chi connectivity index (χ0v) is 11.9. The molecule has 114 valence electrons. The number of methoxy groups -OCH3 is 1. The first-order valence-electron chi connectivity index (χ1n) is 5.93. The molecular weight excluding hydrogens is 309 g/mol. The van der Waals surface area contributed by atoms with Crippen LogP contribution in [0.5, 0.6) is 0 Å². The van der Waals surface area contributed by atoms with E-state index in [0.29, 0.717) is 16.2 Å². The van der Waals surface area contributed by atoms with Gasteiger partial charge in [0.25, 0.3) is 0 Å². The van der Waals surface area contributed by atoms with Gasteiger partial charge in [0.1, 0.15) is 6.10 Å². The largest absolute Gasteiger partial charge is 0.471 e. The fourth-order valence-electron chi connectivity index (χ4n) is 1.64. The zero-order chi connectivity index (χ0) is 15.6. The number of carbonyl (C=O) groups is 1. The van der Waals surface area contributed by atoms with Crippen molar-refractivity contribution in [2.24, 2.45) is 0 Å². The van der Waals surface area contributed by atoms with E-state index in [4.69, 9.17) is 4.74 Å². The summed E-state index contributed by atoms with van der Waals surface area (Å²) in [6, 6.07) is 3.13. The Labute approximate surface area is 121 Å². The summed E-state index contributed by atoms with van der Waals surface area (Å²) in [5.41, 5.74) is 0. The Morgan fingerprint density at radius 3 is 2.71 bits per heavy atom. The summed E-state index contributed by atoms with van der Waals surface area (Å²) in [5.74, 6) is -1.69. The molecule has 0 amide bonds. The lowest BCUT2D eigenvalue weighted by atomic mass is 10.1. The quantitative estimate of drug-likeness (QED) is 0.844. The van der Waals surface area contributed by atoms with Crippen LogP contribution in [0.2, 0.25) is 0 Å². The average molecular weight is 320 g/mol. The number of thiophene rings is 1. The monoisotopic (exact) mass is 320 g/mol. The maximum atomic E-state index is 12.4. The number of carbonyl (C=O) groups excluding carboxylic acids is 1. The van der Waals surface area contributed by atoms with Crippen molar-refractivity contribution >= 4 is 17.1 Å². The summed E-state index contributed by atoms with van der Waals surface area (Å²) < 4.78 is 46.5. The summed E-state index contributed by atoms with van der Waals surface area (Å²) in [6.07, 6.45) is -5.12. The van der Waals surface area contributed by atoms with E-state index >= 15 is 0 Å². The minimum atomic E-state index is -4.68. The van der Waals surface area contributed by atoms with E-state index in [1.54, 1.807) is 13.0 Å². The van der Waals surface area contributed by atoms with Crippen molar-refractivity contribution in [1.29, 1.82) is 0 Å². The molecule has 2 heterocycles. The van der Waals surface area contributed by atoms with Crippen molar-refractivity contribution in [1.82, 2.24) is 10.1 Å². The highest BCUT2D eigenvalue weighted by Gasteiger charge is 2.38. The van der Waals surface area contributed by atoms with Crippen LogP contribution in [-0.2, 0) is 15.7 Å². The highest BCUT2D eigenvalue weighted by molar-refractivity contribution is 7.15. The molecule has 1 atom stereocenters. The first kappa shape index (κ1) is 15.6. The molecule has 2 aromatic rings. The molecule has 0 radical (unpaired) electrons. The van der Waals surface area contributed by atoms with E-state index in [9.17, 15) is 18.0 Å². The van der Waals surface area contributed by atoms with Crippen molar-refractivity contribution in [3.05, 3.63) is 22.9 Å². The number of ether oxygens (including phenoxy) is 1. The van der Waals surface area contributed by atoms with Crippen LogP contribution < -0.4 is 0 Å². The second-order valence-electron chi connectivity index (χ2n) is 4.06. The molecule has 0 unspecified atom stereocenters. The normalized spacial score (nSPS) is 13.4. The van der Waals surface area contributed by atoms with Gasteiger partial charge in [0.15, 0.2) is 5.78 Å². The van der Waals surface area contributed by atoms with Gasteiger partial charge in [-0.1, -0.05) is 12.1 Å². The number of Topliss-reactive ketones (excluding diaryl/α,β-unsaturated/α-hetero) is 1. The molecule has 9 heteroatoms. The van der Waals surface area contributed by atoms with Crippen LogP contribution >= 0.6 is 11.3 Å². The van der Waals surface area contributed by atoms with Crippen molar-refractivity contribution in [2.75, 3.05) is 7.11 Å². The Hall–Kier alpha value is -1.74. The predicted octanol–water partition coefficient (Wildman–Crippen LogP) is 3.48. The van der Waals surface area contributed by atoms with E-state index < -0.39 is 18.2 Å². The van der Waals surface area contributed by atoms with Gasteiger partial charge in [0.05, 0.1) is 4.88 Å². The Morgan fingerprint density at radius 2 is 2.19 bits per heavy atom. The van der Waals surface area contributed by atoms with Crippen LogP contribution in [0.1, 0.15) is 30.2 Å². The summed E-state index contributed by atoms with van der Waals surface area (Å²) in [5, 5.41) is 3.29. The standard InChI is InChI=1S/C12H11F3N2O3S/c1-3-6(18)9(19-2)7-4-5-8(21-7)10-16-11(20-17-10)12(13,14)15/h4-5,9H,3H2,1-2H3/t9-/m1/s1. The lowest BCUT2D eigenvalue weighted by molar-refractivity contribution is -0.159. The topological polar surface area (TPSA) is 65.2 Å². The molecule has 2 aromatic heterocycles. The molecule has 0 bridgehead atoms. The summed E-state index contributed by atoms with van der Waals surface area (Å²) >= 11 is 1.09. The van der Waals surface area contributed by atoms with Gasteiger partial charge < -0.3 is 9.26 Å². The van der Waals surface area contributed by atoms with Crippen LogP contribution in [0, 0.1) is 0 Å². The van der Waals surface area contributed by atoms with E-state index in [-0.39, 0.29) is 11.6 Å². The number of halogens is 3. The Kier molecular flexibility index (Phi) is 4.43. The third kappa shape index (κ3) is 3.30. The zero-order valence-electron chi connectivity index (χ0n) is 11.1. The fraction of sp³-hybridized carbons (Fsp3) is 0.417. The van der Waals surface area contributed by atoms with E-state index in [1.807, 2.05) is 0 Å². The van der Waals surface area contributed by atoms with Gasteiger partial charge in [0, 0.05) is 18.4 Å². The third-order valence-corrected chi connectivity index (χ3v) is 3.78. The van der Waals surface area contributed by atoms with Gasteiger partial charge >= 0.3 is 12.1 Å². The minimum Gasteiger partial charge on any atom is -0.368 e. The number of hydrogen-bond donors (Lipinski definition) is 0. The van der Waals surface area contributed by atoms with E-state index in [0.717, 1.165) is 11.3 Å². The van der Waals surface area contributed by atoms with Crippen LogP contribution in [-0.4, -0.2) is 23.0 Å². The minimum absolute atomic E-state index is 0.116. The lowest BCUT2D eigenvalue weighted by Crippen LogP contribution is -2.11. The molecule has 0 saturated carbocycles. The molecule has 5 nitrogen and oxygen atoms in total. The van der Waals surface area contributed by atoms with Gasteiger partial charge in [-0.3, -0.25) is 4.79 Å². The molecule has 0 spiro atoms. The maximum Gasteiger partial charge on any atom is 0.471 e. The Morgan fingerprint density at radius 1 is 1.48 bits per heavy atom. The molecular formula is C12H11F3N2O3S. The maximum absolute atomic E-state index is 12.4. The Balaban J connectivity index is 2.27. The molecule has 0 N–H and O–H groups in total. The van der Waals surface area contributed by atoms with E-state index in [1.165, 1.54) is 13.2 Å². The summed E-state index contributed by atoms with van der Waals surface area (Å²) in [6.45, 7) is 1.71. The number of alkyl halides is 3. The fourth-order valence-corrected chi connectivity index (χ4v) is 2.68. The number of aromatic nitrogens is 2. The van der Waals surface area contributed by atoms with Crippen LogP contribution in [0.25, 0.3) is 10.7 Å².